The fourth-order valence-electron chi connectivity index (χ4n) is 3.64. The molecule has 0 saturated heterocycles. The molecule has 0 saturated carbocycles. The van der Waals surface area contributed by atoms with Crippen LogP contribution in [0.3, 0.4) is 0 Å². The van der Waals surface area contributed by atoms with Gasteiger partial charge in [0.15, 0.2) is 0 Å². The van der Waals surface area contributed by atoms with Crippen molar-refractivity contribution < 1.29 is 19.2 Å². The number of benzene rings is 3. The summed E-state index contributed by atoms with van der Waals surface area (Å²) in [7, 11) is 0. The first-order valence-electron chi connectivity index (χ1n) is 10.2. The Balaban J connectivity index is 1.52. The van der Waals surface area contributed by atoms with Gasteiger partial charge < -0.3 is 10.6 Å². The Morgan fingerprint density at radius 2 is 1.28 bits per heavy atom. The maximum Gasteiger partial charge on any atom is 0.262 e. The third-order valence-corrected chi connectivity index (χ3v) is 5.19. The molecule has 4 amide bonds. The van der Waals surface area contributed by atoms with Gasteiger partial charge in [-0.2, -0.15) is 0 Å². The number of amides is 4. The van der Waals surface area contributed by atoms with Gasteiger partial charge in [0.25, 0.3) is 11.8 Å². The first kappa shape index (κ1) is 21.0. The van der Waals surface area contributed by atoms with Gasteiger partial charge in [0, 0.05) is 12.1 Å². The predicted octanol–water partition coefficient (Wildman–Crippen LogP) is 2.65. The Kier molecular flexibility index (Phi) is 6.07. The summed E-state index contributed by atoms with van der Waals surface area (Å²) in [6.45, 7) is -0.289. The lowest BCUT2D eigenvalue weighted by molar-refractivity contribution is -0.127. The molecule has 4 rings (SSSR count). The number of nitrogens with zero attached hydrogens (tertiary/aromatic N) is 1. The molecule has 0 radical (unpaired) electrons. The van der Waals surface area contributed by atoms with Crippen molar-refractivity contribution in [1.82, 2.24) is 10.2 Å². The van der Waals surface area contributed by atoms with Crippen molar-refractivity contribution in [2.24, 2.45) is 0 Å². The molecule has 2 N–H and O–H groups in total. The van der Waals surface area contributed by atoms with Gasteiger partial charge in [0.2, 0.25) is 11.8 Å². The smallest absolute Gasteiger partial charge is 0.262 e. The molecule has 1 heterocycles. The zero-order valence-corrected chi connectivity index (χ0v) is 17.2. The average Bonchev–Trinajstić information content (AvgIpc) is 3.07. The highest BCUT2D eigenvalue weighted by atomic mass is 16.2. The van der Waals surface area contributed by atoms with Crippen LogP contribution in [0.2, 0.25) is 0 Å². The maximum absolute atomic E-state index is 13.1. The van der Waals surface area contributed by atoms with Crippen LogP contribution in [0.25, 0.3) is 0 Å². The fraction of sp³-hybridized carbons (Fsp3) is 0.120. The summed E-state index contributed by atoms with van der Waals surface area (Å²) in [4.78, 5) is 52.3. The number of carbonyl (C=O) groups is 4. The molecular formula is C25H21N3O4. The summed E-state index contributed by atoms with van der Waals surface area (Å²) in [5.41, 5.74) is 1.93. The Bertz CT molecular complexity index is 1130. The van der Waals surface area contributed by atoms with Gasteiger partial charge in [-0.1, -0.05) is 60.7 Å². The van der Waals surface area contributed by atoms with Gasteiger partial charge >= 0.3 is 0 Å². The number of rotatable bonds is 7. The molecule has 0 bridgehead atoms. The maximum atomic E-state index is 13.1. The van der Waals surface area contributed by atoms with E-state index in [1.807, 2.05) is 36.4 Å². The van der Waals surface area contributed by atoms with Gasteiger partial charge in [-0.15, -0.1) is 0 Å². The molecule has 0 aromatic heterocycles. The van der Waals surface area contributed by atoms with Crippen molar-refractivity contribution in [3.63, 3.8) is 0 Å². The molecule has 0 aliphatic carbocycles. The van der Waals surface area contributed by atoms with Gasteiger partial charge in [-0.05, 0) is 29.8 Å². The summed E-state index contributed by atoms with van der Waals surface area (Å²) in [5, 5.41) is 5.26. The van der Waals surface area contributed by atoms with E-state index in [-0.39, 0.29) is 24.1 Å². The van der Waals surface area contributed by atoms with Gasteiger partial charge in [0.1, 0.15) is 6.04 Å². The van der Waals surface area contributed by atoms with Crippen molar-refractivity contribution in [3.05, 3.63) is 102 Å². The number of hydrogen-bond acceptors (Lipinski definition) is 4. The first-order valence-corrected chi connectivity index (χ1v) is 10.2. The van der Waals surface area contributed by atoms with E-state index in [9.17, 15) is 19.2 Å². The van der Waals surface area contributed by atoms with Crippen molar-refractivity contribution in [2.45, 2.75) is 12.5 Å². The molecule has 1 unspecified atom stereocenters. The van der Waals surface area contributed by atoms with Crippen LogP contribution in [-0.2, 0) is 16.0 Å². The van der Waals surface area contributed by atoms with Crippen LogP contribution in [0.5, 0.6) is 0 Å². The molecule has 7 nitrogen and oxygen atoms in total. The van der Waals surface area contributed by atoms with E-state index in [0.717, 1.165) is 10.5 Å². The van der Waals surface area contributed by atoms with E-state index in [0.29, 0.717) is 5.69 Å². The quantitative estimate of drug-likeness (QED) is 0.567. The number of carbonyl (C=O) groups excluding carboxylic acids is 4. The van der Waals surface area contributed by atoms with Crippen LogP contribution < -0.4 is 10.6 Å². The minimum absolute atomic E-state index is 0.137. The molecule has 1 aliphatic heterocycles. The highest BCUT2D eigenvalue weighted by Crippen LogP contribution is 2.26. The summed E-state index contributed by atoms with van der Waals surface area (Å²) in [6, 6.07) is 23.4. The van der Waals surface area contributed by atoms with Crippen molar-refractivity contribution >= 4 is 29.3 Å². The minimum atomic E-state index is -1.09. The number of para-hydroxylation sites is 1. The standard InChI is InChI=1S/C25H21N3O4/c29-22(27-18-11-5-2-6-12-18)16-26-23(30)21(15-17-9-3-1-4-10-17)28-24(31)19-13-7-8-14-20(19)25(28)32/h1-14,21H,15-16H2,(H,26,30)(H,27,29). The van der Waals surface area contributed by atoms with Crippen LogP contribution in [0.15, 0.2) is 84.9 Å². The predicted molar refractivity (Wildman–Crippen MR) is 119 cm³/mol. The average molecular weight is 427 g/mol. The Morgan fingerprint density at radius 3 is 1.88 bits per heavy atom. The third kappa shape index (κ3) is 4.41. The van der Waals surface area contributed by atoms with Gasteiger partial charge in [0.05, 0.1) is 17.7 Å². The largest absolute Gasteiger partial charge is 0.345 e. The van der Waals surface area contributed by atoms with Crippen molar-refractivity contribution in [3.8, 4) is 0 Å². The molecule has 1 atom stereocenters. The van der Waals surface area contributed by atoms with E-state index in [1.54, 1.807) is 48.5 Å². The first-order chi connectivity index (χ1) is 15.5. The van der Waals surface area contributed by atoms with E-state index >= 15 is 0 Å². The van der Waals surface area contributed by atoms with Crippen LogP contribution in [0.1, 0.15) is 26.3 Å². The van der Waals surface area contributed by atoms with Gasteiger partial charge in [-0.25, -0.2) is 0 Å². The van der Waals surface area contributed by atoms with Crippen molar-refractivity contribution in [2.75, 3.05) is 11.9 Å². The molecule has 3 aromatic carbocycles. The second-order valence-electron chi connectivity index (χ2n) is 7.36. The lowest BCUT2D eigenvalue weighted by Gasteiger charge is -2.25. The summed E-state index contributed by atoms with van der Waals surface area (Å²) >= 11 is 0. The molecule has 32 heavy (non-hydrogen) atoms. The third-order valence-electron chi connectivity index (χ3n) is 5.19. The van der Waals surface area contributed by atoms with Crippen LogP contribution in [-0.4, -0.2) is 41.1 Å². The van der Waals surface area contributed by atoms with Crippen LogP contribution in [0.4, 0.5) is 5.69 Å². The van der Waals surface area contributed by atoms with Crippen molar-refractivity contribution in [1.29, 1.82) is 0 Å². The molecular weight excluding hydrogens is 406 g/mol. The van der Waals surface area contributed by atoms with Gasteiger partial charge in [-0.3, -0.25) is 24.1 Å². The second-order valence-corrected chi connectivity index (χ2v) is 7.36. The van der Waals surface area contributed by atoms with E-state index in [4.69, 9.17) is 0 Å². The lowest BCUT2D eigenvalue weighted by atomic mass is 10.0. The Morgan fingerprint density at radius 1 is 0.750 bits per heavy atom. The van der Waals surface area contributed by atoms with Crippen LogP contribution >= 0.6 is 0 Å². The van der Waals surface area contributed by atoms with E-state index in [2.05, 4.69) is 10.6 Å². The highest BCUT2D eigenvalue weighted by molar-refractivity contribution is 6.23. The fourth-order valence-corrected chi connectivity index (χ4v) is 3.64. The zero-order chi connectivity index (χ0) is 22.5. The zero-order valence-electron chi connectivity index (χ0n) is 17.2. The number of anilines is 1. The number of nitrogens with one attached hydrogen (secondary N) is 2. The lowest BCUT2D eigenvalue weighted by Crippen LogP contribution is -2.51. The molecule has 7 heteroatoms. The Labute approximate surface area is 185 Å². The molecule has 0 fully saturated rings. The summed E-state index contributed by atoms with van der Waals surface area (Å²) in [5.74, 6) is -2.03. The van der Waals surface area contributed by atoms with E-state index < -0.39 is 29.7 Å². The Hall–Kier alpha value is -4.26. The second kappa shape index (κ2) is 9.26. The van der Waals surface area contributed by atoms with Crippen LogP contribution in [0, 0.1) is 0 Å². The summed E-state index contributed by atoms with van der Waals surface area (Å²) < 4.78 is 0. The number of hydrogen-bond donors (Lipinski definition) is 2. The molecule has 160 valence electrons. The molecule has 1 aliphatic rings. The highest BCUT2D eigenvalue weighted by Gasteiger charge is 2.42. The topological polar surface area (TPSA) is 95.6 Å². The molecule has 0 spiro atoms. The summed E-state index contributed by atoms with van der Waals surface area (Å²) in [6.07, 6.45) is 0.137. The number of fused-ring (bicyclic) bond motifs is 1. The number of imide groups is 1. The molecule has 3 aromatic rings. The normalized spacial score (nSPS) is 13.4. The SMILES string of the molecule is O=C(CNC(=O)C(Cc1ccccc1)N1C(=O)c2ccccc2C1=O)Nc1ccccc1. The monoisotopic (exact) mass is 427 g/mol. The minimum Gasteiger partial charge on any atom is -0.345 e. The van der Waals surface area contributed by atoms with E-state index in [1.165, 1.54) is 0 Å².